The third-order valence-electron chi connectivity index (χ3n) is 3.22. The normalized spacial score (nSPS) is 10.4. The Hall–Kier alpha value is -2.75. The van der Waals surface area contributed by atoms with E-state index < -0.39 is 0 Å². The van der Waals surface area contributed by atoms with Crippen LogP contribution in [-0.4, -0.2) is 12.1 Å². The minimum Gasteiger partial charge on any atom is -0.497 e. The first-order chi connectivity index (χ1) is 9.78. The van der Waals surface area contributed by atoms with Crippen LogP contribution >= 0.6 is 0 Å². The van der Waals surface area contributed by atoms with Crippen molar-refractivity contribution in [2.24, 2.45) is 0 Å². The van der Waals surface area contributed by atoms with Gasteiger partial charge in [0.25, 0.3) is 0 Å². The van der Waals surface area contributed by atoms with Crippen LogP contribution in [0.1, 0.15) is 0 Å². The number of aromatic nitrogens is 1. The van der Waals surface area contributed by atoms with E-state index in [4.69, 9.17) is 10.5 Å². The average molecular weight is 265 g/mol. The summed E-state index contributed by atoms with van der Waals surface area (Å²) < 4.78 is 5.15. The van der Waals surface area contributed by atoms with Gasteiger partial charge in [0.05, 0.1) is 7.11 Å². The Labute approximate surface area is 117 Å². The molecule has 1 aromatic heterocycles. The van der Waals surface area contributed by atoms with Crippen molar-refractivity contribution in [2.75, 3.05) is 18.2 Å². The molecule has 3 N–H and O–H groups in total. The summed E-state index contributed by atoms with van der Waals surface area (Å²) in [6.07, 6.45) is 3.55. The molecule has 100 valence electrons. The molecule has 0 aliphatic rings. The van der Waals surface area contributed by atoms with Crippen LogP contribution in [0.25, 0.3) is 10.8 Å². The van der Waals surface area contributed by atoms with Gasteiger partial charge in [0.1, 0.15) is 5.75 Å². The second-order valence-corrected chi connectivity index (χ2v) is 4.48. The molecule has 0 fully saturated rings. The van der Waals surface area contributed by atoms with Gasteiger partial charge in [-0.3, -0.25) is 4.98 Å². The number of ether oxygens (including phenoxy) is 1. The van der Waals surface area contributed by atoms with E-state index in [1.54, 1.807) is 19.5 Å². The first kappa shape index (κ1) is 12.3. The summed E-state index contributed by atoms with van der Waals surface area (Å²) in [5.74, 6) is 0.835. The Morgan fingerprint density at radius 3 is 2.55 bits per heavy atom. The molecule has 3 aromatic rings. The lowest BCUT2D eigenvalue weighted by atomic mass is 10.1. The summed E-state index contributed by atoms with van der Waals surface area (Å²) in [5, 5.41) is 5.39. The van der Waals surface area contributed by atoms with Crippen molar-refractivity contribution < 1.29 is 4.74 Å². The molecule has 0 bridgehead atoms. The van der Waals surface area contributed by atoms with E-state index in [1.807, 2.05) is 42.5 Å². The number of hydrogen-bond donors (Lipinski definition) is 2. The number of rotatable bonds is 3. The number of hydrogen-bond acceptors (Lipinski definition) is 4. The topological polar surface area (TPSA) is 60.2 Å². The fourth-order valence-electron chi connectivity index (χ4n) is 2.15. The van der Waals surface area contributed by atoms with Gasteiger partial charge < -0.3 is 15.8 Å². The highest BCUT2D eigenvalue weighted by Crippen LogP contribution is 2.30. The lowest BCUT2D eigenvalue weighted by Gasteiger charge is -2.11. The van der Waals surface area contributed by atoms with Crippen LogP contribution < -0.4 is 15.8 Å². The summed E-state index contributed by atoms with van der Waals surface area (Å²) in [6.45, 7) is 0. The number of nitrogens with two attached hydrogens (primary N) is 1. The number of nitrogen functional groups attached to an aromatic ring is 1. The Bertz CT molecular complexity index is 738. The fraction of sp³-hybridized carbons (Fsp3) is 0.0625. The van der Waals surface area contributed by atoms with Crippen molar-refractivity contribution in [3.05, 3.63) is 54.9 Å². The quantitative estimate of drug-likeness (QED) is 0.711. The van der Waals surface area contributed by atoms with Gasteiger partial charge in [0, 0.05) is 40.2 Å². The van der Waals surface area contributed by atoms with Crippen LogP contribution in [0.4, 0.5) is 17.1 Å². The second kappa shape index (κ2) is 5.09. The van der Waals surface area contributed by atoms with E-state index in [-0.39, 0.29) is 0 Å². The number of pyridine rings is 1. The fourth-order valence-corrected chi connectivity index (χ4v) is 2.15. The van der Waals surface area contributed by atoms with E-state index in [1.165, 1.54) is 0 Å². The first-order valence-electron chi connectivity index (χ1n) is 6.31. The Kier molecular flexibility index (Phi) is 3.13. The molecule has 0 radical (unpaired) electrons. The molecular weight excluding hydrogens is 250 g/mol. The van der Waals surface area contributed by atoms with Crippen molar-refractivity contribution >= 4 is 27.8 Å². The highest BCUT2D eigenvalue weighted by Gasteiger charge is 2.04. The van der Waals surface area contributed by atoms with Gasteiger partial charge in [-0.15, -0.1) is 0 Å². The summed E-state index contributed by atoms with van der Waals surface area (Å²) in [5.41, 5.74) is 8.70. The number of benzene rings is 2. The summed E-state index contributed by atoms with van der Waals surface area (Å²) in [7, 11) is 1.66. The number of fused-ring (bicyclic) bond motifs is 1. The minimum absolute atomic E-state index is 0.730. The molecular formula is C16H15N3O. The molecule has 0 aliphatic heterocycles. The predicted molar refractivity (Wildman–Crippen MR) is 82.4 cm³/mol. The van der Waals surface area contributed by atoms with Crippen LogP contribution in [0.5, 0.6) is 5.75 Å². The standard InChI is InChI=1S/C16H15N3O/c1-20-12-4-2-11(3-5-12)19-16-7-6-15(17)14-10-18-9-8-13(14)16/h2-10,19H,17H2,1H3. The van der Waals surface area contributed by atoms with E-state index in [0.717, 1.165) is 33.6 Å². The lowest BCUT2D eigenvalue weighted by molar-refractivity contribution is 0.415. The van der Waals surface area contributed by atoms with E-state index in [2.05, 4.69) is 10.3 Å². The molecule has 2 aromatic carbocycles. The molecule has 20 heavy (non-hydrogen) atoms. The second-order valence-electron chi connectivity index (χ2n) is 4.48. The van der Waals surface area contributed by atoms with Gasteiger partial charge in [0.15, 0.2) is 0 Å². The van der Waals surface area contributed by atoms with Crippen LogP contribution in [0, 0.1) is 0 Å². The molecule has 1 heterocycles. The number of nitrogens with zero attached hydrogens (tertiary/aromatic N) is 1. The summed E-state index contributed by atoms with van der Waals surface area (Å²) >= 11 is 0. The van der Waals surface area contributed by atoms with Crippen molar-refractivity contribution in [2.45, 2.75) is 0 Å². The maximum absolute atomic E-state index is 5.97. The SMILES string of the molecule is COc1ccc(Nc2ccc(N)c3cnccc23)cc1. The zero-order chi connectivity index (χ0) is 13.9. The summed E-state index contributed by atoms with van der Waals surface area (Å²) in [6, 6.07) is 13.6. The highest BCUT2D eigenvalue weighted by atomic mass is 16.5. The van der Waals surface area contributed by atoms with Crippen LogP contribution in [-0.2, 0) is 0 Å². The largest absolute Gasteiger partial charge is 0.497 e. The number of nitrogens with one attached hydrogen (secondary N) is 1. The van der Waals surface area contributed by atoms with E-state index in [0.29, 0.717) is 0 Å². The molecule has 0 atom stereocenters. The molecule has 0 amide bonds. The number of anilines is 3. The van der Waals surface area contributed by atoms with Crippen molar-refractivity contribution in [3.63, 3.8) is 0 Å². The first-order valence-corrected chi connectivity index (χ1v) is 6.31. The lowest BCUT2D eigenvalue weighted by Crippen LogP contribution is -1.94. The van der Waals surface area contributed by atoms with Gasteiger partial charge in [0.2, 0.25) is 0 Å². The minimum atomic E-state index is 0.730. The molecule has 0 unspecified atom stereocenters. The Balaban J connectivity index is 2.00. The van der Waals surface area contributed by atoms with Crippen LogP contribution in [0.2, 0.25) is 0 Å². The third-order valence-corrected chi connectivity index (χ3v) is 3.22. The zero-order valence-corrected chi connectivity index (χ0v) is 11.1. The maximum Gasteiger partial charge on any atom is 0.119 e. The number of methoxy groups -OCH3 is 1. The van der Waals surface area contributed by atoms with Crippen LogP contribution in [0.15, 0.2) is 54.9 Å². The van der Waals surface area contributed by atoms with Gasteiger partial charge in [-0.25, -0.2) is 0 Å². The average Bonchev–Trinajstić information content (AvgIpc) is 2.51. The highest BCUT2D eigenvalue weighted by molar-refractivity contribution is 6.01. The van der Waals surface area contributed by atoms with Gasteiger partial charge >= 0.3 is 0 Å². The zero-order valence-electron chi connectivity index (χ0n) is 11.1. The molecule has 4 heteroatoms. The van der Waals surface area contributed by atoms with Crippen molar-refractivity contribution in [1.29, 1.82) is 0 Å². The Morgan fingerprint density at radius 2 is 1.80 bits per heavy atom. The van der Waals surface area contributed by atoms with Crippen LogP contribution in [0.3, 0.4) is 0 Å². The molecule has 3 rings (SSSR count). The van der Waals surface area contributed by atoms with Gasteiger partial charge in [-0.05, 0) is 42.5 Å². The third kappa shape index (κ3) is 2.23. The van der Waals surface area contributed by atoms with E-state index >= 15 is 0 Å². The van der Waals surface area contributed by atoms with Gasteiger partial charge in [-0.1, -0.05) is 0 Å². The molecule has 0 aliphatic carbocycles. The summed E-state index contributed by atoms with van der Waals surface area (Å²) in [4.78, 5) is 4.12. The molecule has 0 spiro atoms. The monoisotopic (exact) mass is 265 g/mol. The van der Waals surface area contributed by atoms with Crippen molar-refractivity contribution in [3.8, 4) is 5.75 Å². The predicted octanol–water partition coefficient (Wildman–Crippen LogP) is 3.57. The van der Waals surface area contributed by atoms with Gasteiger partial charge in [-0.2, -0.15) is 0 Å². The molecule has 0 saturated heterocycles. The molecule has 4 nitrogen and oxygen atoms in total. The Morgan fingerprint density at radius 1 is 1.00 bits per heavy atom. The maximum atomic E-state index is 5.97. The van der Waals surface area contributed by atoms with Crippen molar-refractivity contribution in [1.82, 2.24) is 4.98 Å². The molecule has 0 saturated carbocycles. The smallest absolute Gasteiger partial charge is 0.119 e. The van der Waals surface area contributed by atoms with E-state index in [9.17, 15) is 0 Å².